The van der Waals surface area contributed by atoms with E-state index in [9.17, 15) is 0 Å². The maximum atomic E-state index is 5.64. The van der Waals surface area contributed by atoms with Crippen molar-refractivity contribution in [2.45, 2.75) is 47.0 Å². The van der Waals surface area contributed by atoms with Crippen molar-refractivity contribution in [2.24, 2.45) is 0 Å². The molecule has 0 amide bonds. The molecule has 0 radical (unpaired) electrons. The Morgan fingerprint density at radius 1 is 1.33 bits per heavy atom. The van der Waals surface area contributed by atoms with E-state index in [1.54, 1.807) is 0 Å². The molecular weight excluding hydrogens is 230 g/mol. The molecular formula is C14H25NO3. The summed E-state index contributed by atoms with van der Waals surface area (Å²) >= 11 is 0. The molecule has 1 rings (SSSR count). The molecule has 0 atom stereocenters. The summed E-state index contributed by atoms with van der Waals surface area (Å²) in [5.74, 6) is 1.90. The zero-order valence-electron chi connectivity index (χ0n) is 11.9. The summed E-state index contributed by atoms with van der Waals surface area (Å²) in [6.07, 6.45) is 0.260. The van der Waals surface area contributed by atoms with Gasteiger partial charge in [-0.15, -0.1) is 0 Å². The van der Waals surface area contributed by atoms with Crippen molar-refractivity contribution < 1.29 is 13.9 Å². The first-order valence-electron chi connectivity index (χ1n) is 6.61. The molecule has 18 heavy (non-hydrogen) atoms. The molecule has 0 unspecified atom stereocenters. The van der Waals surface area contributed by atoms with Crippen molar-refractivity contribution in [3.05, 3.63) is 23.2 Å². The number of furan rings is 1. The highest BCUT2D eigenvalue weighted by Crippen LogP contribution is 2.15. The van der Waals surface area contributed by atoms with Crippen LogP contribution in [0.2, 0.25) is 0 Å². The lowest BCUT2D eigenvalue weighted by atomic mass is 10.2. The molecule has 0 spiro atoms. The van der Waals surface area contributed by atoms with Crippen molar-refractivity contribution in [2.75, 3.05) is 19.8 Å². The van der Waals surface area contributed by atoms with Gasteiger partial charge in [-0.2, -0.15) is 0 Å². The summed E-state index contributed by atoms with van der Waals surface area (Å²) in [4.78, 5) is 0. The van der Waals surface area contributed by atoms with Gasteiger partial charge in [-0.1, -0.05) is 6.92 Å². The van der Waals surface area contributed by atoms with Crippen LogP contribution in [0.3, 0.4) is 0 Å². The number of aryl methyl sites for hydroxylation is 1. The van der Waals surface area contributed by atoms with Crippen LogP contribution in [0.15, 0.2) is 10.5 Å². The normalized spacial score (nSPS) is 11.4. The van der Waals surface area contributed by atoms with Gasteiger partial charge < -0.3 is 19.2 Å². The maximum absolute atomic E-state index is 5.64. The van der Waals surface area contributed by atoms with Crippen LogP contribution in [-0.2, 0) is 22.6 Å². The predicted octanol–water partition coefficient (Wildman–Crippen LogP) is 2.64. The molecule has 4 nitrogen and oxygen atoms in total. The molecule has 1 N–H and O–H groups in total. The van der Waals surface area contributed by atoms with Crippen LogP contribution in [0, 0.1) is 6.92 Å². The molecule has 1 aromatic heterocycles. The first kappa shape index (κ1) is 15.2. The zero-order valence-corrected chi connectivity index (χ0v) is 11.9. The molecule has 0 aliphatic heterocycles. The molecule has 104 valence electrons. The number of hydrogen-bond donors (Lipinski definition) is 1. The van der Waals surface area contributed by atoms with Gasteiger partial charge >= 0.3 is 0 Å². The van der Waals surface area contributed by atoms with E-state index in [1.807, 2.05) is 20.8 Å². The molecule has 0 aliphatic carbocycles. The van der Waals surface area contributed by atoms with Gasteiger partial charge in [-0.3, -0.25) is 0 Å². The second kappa shape index (κ2) is 8.29. The maximum Gasteiger partial charge on any atom is 0.118 e. The zero-order chi connectivity index (χ0) is 13.4. The lowest BCUT2D eigenvalue weighted by Gasteiger charge is -2.07. The summed E-state index contributed by atoms with van der Waals surface area (Å²) in [7, 11) is 0. The van der Waals surface area contributed by atoms with Gasteiger partial charge in [0.15, 0.2) is 0 Å². The fourth-order valence-corrected chi connectivity index (χ4v) is 1.59. The Hall–Kier alpha value is -0.840. The van der Waals surface area contributed by atoms with Gasteiger partial charge in [-0.25, -0.2) is 0 Å². The fourth-order valence-electron chi connectivity index (χ4n) is 1.59. The highest BCUT2D eigenvalue weighted by Gasteiger charge is 2.07. The van der Waals surface area contributed by atoms with Crippen LogP contribution >= 0.6 is 0 Å². The van der Waals surface area contributed by atoms with Crippen LogP contribution in [0.25, 0.3) is 0 Å². The summed E-state index contributed by atoms with van der Waals surface area (Å²) in [5, 5.41) is 3.24. The lowest BCUT2D eigenvalue weighted by Crippen LogP contribution is -2.10. The average Bonchev–Trinajstić information content (AvgIpc) is 2.67. The molecule has 0 saturated heterocycles. The van der Waals surface area contributed by atoms with Gasteiger partial charge in [0, 0.05) is 5.56 Å². The standard InChI is InChI=1S/C14H25NO3/c1-5-15-9-14-8-13(12(4)18-14)10-16-6-7-17-11(2)3/h8,11,15H,5-7,9-10H2,1-4H3. The van der Waals surface area contributed by atoms with Gasteiger partial charge in [0.1, 0.15) is 11.5 Å². The molecule has 1 aromatic rings. The smallest absolute Gasteiger partial charge is 0.118 e. The Morgan fingerprint density at radius 2 is 2.11 bits per heavy atom. The third-order valence-electron chi connectivity index (χ3n) is 2.56. The number of ether oxygens (including phenoxy) is 2. The summed E-state index contributed by atoms with van der Waals surface area (Å²) < 4.78 is 16.6. The van der Waals surface area contributed by atoms with Gasteiger partial charge in [0.05, 0.1) is 32.5 Å². The first-order valence-corrected chi connectivity index (χ1v) is 6.61. The average molecular weight is 255 g/mol. The number of rotatable bonds is 9. The van der Waals surface area contributed by atoms with E-state index in [4.69, 9.17) is 13.9 Å². The van der Waals surface area contributed by atoms with Crippen molar-refractivity contribution >= 4 is 0 Å². The van der Waals surface area contributed by atoms with Crippen LogP contribution in [0.4, 0.5) is 0 Å². The minimum atomic E-state index is 0.260. The molecule has 1 heterocycles. The quantitative estimate of drug-likeness (QED) is 0.689. The molecule has 0 fully saturated rings. The van der Waals surface area contributed by atoms with E-state index in [1.165, 1.54) is 0 Å². The first-order chi connectivity index (χ1) is 8.63. The Labute approximate surface area is 110 Å². The second-order valence-corrected chi connectivity index (χ2v) is 4.55. The van der Waals surface area contributed by atoms with Gasteiger partial charge in [0.25, 0.3) is 0 Å². The van der Waals surface area contributed by atoms with E-state index in [2.05, 4.69) is 18.3 Å². The SMILES string of the molecule is CCNCc1cc(COCCOC(C)C)c(C)o1. The van der Waals surface area contributed by atoms with Crippen LogP contribution < -0.4 is 5.32 Å². The van der Waals surface area contributed by atoms with E-state index in [0.717, 1.165) is 30.2 Å². The molecule has 0 bridgehead atoms. The van der Waals surface area contributed by atoms with E-state index in [0.29, 0.717) is 19.8 Å². The Kier molecular flexibility index (Phi) is 7.01. The van der Waals surface area contributed by atoms with Crippen LogP contribution in [-0.4, -0.2) is 25.9 Å². The van der Waals surface area contributed by atoms with Crippen molar-refractivity contribution in [3.8, 4) is 0 Å². The summed E-state index contributed by atoms with van der Waals surface area (Å²) in [5.41, 5.74) is 1.12. The second-order valence-electron chi connectivity index (χ2n) is 4.55. The van der Waals surface area contributed by atoms with E-state index in [-0.39, 0.29) is 6.10 Å². The van der Waals surface area contributed by atoms with Crippen molar-refractivity contribution in [1.29, 1.82) is 0 Å². The highest BCUT2D eigenvalue weighted by molar-refractivity contribution is 5.19. The third kappa shape index (κ3) is 5.67. The summed E-state index contributed by atoms with van der Waals surface area (Å²) in [6, 6.07) is 2.06. The minimum Gasteiger partial charge on any atom is -0.465 e. The minimum absolute atomic E-state index is 0.260. The molecule has 4 heteroatoms. The van der Waals surface area contributed by atoms with Crippen LogP contribution in [0.1, 0.15) is 37.9 Å². The molecule has 0 aromatic carbocycles. The van der Waals surface area contributed by atoms with Gasteiger partial charge in [-0.05, 0) is 33.4 Å². The van der Waals surface area contributed by atoms with Crippen molar-refractivity contribution in [1.82, 2.24) is 5.32 Å². The third-order valence-corrected chi connectivity index (χ3v) is 2.56. The Balaban J connectivity index is 2.26. The molecule has 0 aliphatic rings. The monoisotopic (exact) mass is 255 g/mol. The summed E-state index contributed by atoms with van der Waals surface area (Å²) in [6.45, 7) is 11.6. The predicted molar refractivity (Wildman–Crippen MR) is 71.6 cm³/mol. The Morgan fingerprint density at radius 3 is 2.78 bits per heavy atom. The molecule has 0 saturated carbocycles. The van der Waals surface area contributed by atoms with E-state index >= 15 is 0 Å². The van der Waals surface area contributed by atoms with Gasteiger partial charge in [0.2, 0.25) is 0 Å². The largest absolute Gasteiger partial charge is 0.465 e. The number of hydrogen-bond acceptors (Lipinski definition) is 4. The lowest BCUT2D eigenvalue weighted by molar-refractivity contribution is 0.0140. The highest BCUT2D eigenvalue weighted by atomic mass is 16.5. The van der Waals surface area contributed by atoms with Crippen molar-refractivity contribution in [3.63, 3.8) is 0 Å². The number of nitrogens with one attached hydrogen (secondary N) is 1. The van der Waals surface area contributed by atoms with Crippen LogP contribution in [0.5, 0.6) is 0 Å². The Bertz CT molecular complexity index is 334. The topological polar surface area (TPSA) is 43.6 Å². The van der Waals surface area contributed by atoms with E-state index < -0.39 is 0 Å². The fraction of sp³-hybridized carbons (Fsp3) is 0.714.